The monoisotopic (exact) mass is 503 g/mol. The van der Waals surface area contributed by atoms with E-state index in [2.05, 4.69) is 38.5 Å². The number of unbranched alkanes of at least 4 members (excludes halogenated alkanes) is 2. The average Bonchev–Trinajstić information content (AvgIpc) is 2.64. The van der Waals surface area contributed by atoms with Crippen molar-refractivity contribution >= 4 is 46.5 Å². The Morgan fingerprint density at radius 3 is 2.11 bits per heavy atom. The maximum atomic E-state index is 11.9. The van der Waals surface area contributed by atoms with Crippen LogP contribution in [0.3, 0.4) is 0 Å². The lowest BCUT2D eigenvalue weighted by Crippen LogP contribution is -2.46. The van der Waals surface area contributed by atoms with Crippen LogP contribution in [0.25, 0.3) is 0 Å². The first kappa shape index (κ1) is 23.7. The Bertz CT molecular complexity index is 680. The molecule has 0 bridgehead atoms. The lowest BCUT2D eigenvalue weighted by molar-refractivity contribution is -0.140. The molecule has 1 aromatic carbocycles. The van der Waals surface area contributed by atoms with Gasteiger partial charge in [0.15, 0.2) is 0 Å². The summed E-state index contributed by atoms with van der Waals surface area (Å²) in [6, 6.07) is 5.37. The maximum Gasteiger partial charge on any atom is 0.326 e. The minimum Gasteiger partial charge on any atom is -0.481 e. The van der Waals surface area contributed by atoms with Gasteiger partial charge in [-0.25, -0.2) is 9.59 Å². The van der Waals surface area contributed by atoms with Gasteiger partial charge in [0.05, 0.1) is 0 Å². The third-order valence-electron chi connectivity index (χ3n) is 3.78. The number of amides is 3. The molecule has 0 aliphatic carbocycles. The van der Waals surface area contributed by atoms with Crippen LogP contribution < -0.4 is 16.0 Å². The average molecular weight is 503 g/mol. The number of carbonyl (C=O) groups excluding carboxylic acids is 2. The van der Waals surface area contributed by atoms with E-state index in [1.165, 1.54) is 0 Å². The fourth-order valence-corrected chi connectivity index (χ4v) is 2.63. The fraction of sp³-hybridized carbons (Fsp3) is 0.444. The minimum atomic E-state index is -1.28. The fourth-order valence-electron chi connectivity index (χ4n) is 2.27. The first-order valence-electron chi connectivity index (χ1n) is 8.82. The normalized spacial score (nSPS) is 11.3. The molecule has 5 N–H and O–H groups in total. The van der Waals surface area contributed by atoms with Crippen molar-refractivity contribution in [2.75, 3.05) is 13.1 Å². The molecular weight excluding hydrogens is 479 g/mol. The summed E-state index contributed by atoms with van der Waals surface area (Å²) in [6.07, 6.45) is 1.66. The predicted octanol–water partition coefficient (Wildman–Crippen LogP) is 1.81. The molecule has 0 spiro atoms. The second-order valence-electron chi connectivity index (χ2n) is 6.05. The topological polar surface area (TPSA) is 145 Å². The summed E-state index contributed by atoms with van der Waals surface area (Å²) in [4.78, 5) is 45.1. The van der Waals surface area contributed by atoms with Gasteiger partial charge in [-0.2, -0.15) is 0 Å². The lowest BCUT2D eigenvalue weighted by atomic mass is 10.1. The zero-order valence-corrected chi connectivity index (χ0v) is 17.4. The molecule has 0 radical (unpaired) electrons. The largest absolute Gasteiger partial charge is 0.481 e. The molecule has 0 saturated carbocycles. The van der Waals surface area contributed by atoms with Crippen molar-refractivity contribution in [2.45, 2.75) is 38.1 Å². The number of rotatable bonds is 12. The number of carbonyl (C=O) groups is 4. The summed E-state index contributed by atoms with van der Waals surface area (Å²) in [6.45, 7) is 0.871. The summed E-state index contributed by atoms with van der Waals surface area (Å²) in [5.41, 5.74) is 0.606. The standard InChI is InChI=1S/C18H24IN3O6/c19-13-6-4-12(5-7-13)16(25)20-10-2-1-3-11-21-18(28)22-14(17(26)27)8-9-15(23)24/h4-7,14H,1-3,8-11H2,(H,20,25)(H,23,24)(H,26,27)(H2,21,22,28)/i19-2. The quantitative estimate of drug-likeness (QED) is 0.217. The molecular formula is C18H24IN3O6. The highest BCUT2D eigenvalue weighted by Crippen LogP contribution is 2.06. The SMILES string of the molecule is O=C(O)CCC(NC(=O)NCCCCCNC(=O)c1ccc([125I])cc1)C(=O)O. The van der Waals surface area contributed by atoms with Crippen molar-refractivity contribution in [3.8, 4) is 0 Å². The highest BCUT2D eigenvalue weighted by molar-refractivity contribution is 14.1. The van der Waals surface area contributed by atoms with Gasteiger partial charge in [0.2, 0.25) is 0 Å². The molecule has 0 heterocycles. The van der Waals surface area contributed by atoms with Crippen LogP contribution in [0.15, 0.2) is 24.3 Å². The first-order valence-corrected chi connectivity index (χ1v) is 9.90. The van der Waals surface area contributed by atoms with Gasteiger partial charge in [-0.15, -0.1) is 0 Å². The van der Waals surface area contributed by atoms with Crippen molar-refractivity contribution in [1.29, 1.82) is 0 Å². The number of aliphatic carboxylic acids is 2. The molecule has 28 heavy (non-hydrogen) atoms. The van der Waals surface area contributed by atoms with Gasteiger partial charge in [0.1, 0.15) is 6.04 Å². The number of carboxylic acids is 2. The van der Waals surface area contributed by atoms with Crippen molar-refractivity contribution in [3.05, 3.63) is 33.4 Å². The molecule has 1 atom stereocenters. The number of urea groups is 1. The van der Waals surface area contributed by atoms with Crippen molar-refractivity contribution in [2.24, 2.45) is 0 Å². The highest BCUT2D eigenvalue weighted by atomic mass is 125. The Kier molecular flexibility index (Phi) is 10.9. The highest BCUT2D eigenvalue weighted by Gasteiger charge is 2.20. The van der Waals surface area contributed by atoms with E-state index < -0.39 is 24.0 Å². The molecule has 3 amide bonds. The van der Waals surface area contributed by atoms with Gasteiger partial charge in [-0.1, -0.05) is 0 Å². The summed E-state index contributed by atoms with van der Waals surface area (Å²) < 4.78 is 1.06. The molecule has 1 rings (SSSR count). The second kappa shape index (κ2) is 12.9. The molecule has 10 heteroatoms. The summed E-state index contributed by atoms with van der Waals surface area (Å²) in [5, 5.41) is 25.2. The van der Waals surface area contributed by atoms with Crippen LogP contribution in [0.5, 0.6) is 0 Å². The third-order valence-corrected chi connectivity index (χ3v) is 4.50. The Balaban J connectivity index is 2.13. The molecule has 9 nitrogen and oxygen atoms in total. The molecule has 0 aliphatic rings. The van der Waals surface area contributed by atoms with Crippen molar-refractivity contribution in [1.82, 2.24) is 16.0 Å². The Hall–Kier alpha value is -2.37. The van der Waals surface area contributed by atoms with Crippen LogP contribution in [0.2, 0.25) is 0 Å². The summed E-state index contributed by atoms with van der Waals surface area (Å²) in [7, 11) is 0. The molecule has 0 aliphatic heterocycles. The summed E-state index contributed by atoms with van der Waals surface area (Å²) >= 11 is 2.17. The molecule has 154 valence electrons. The smallest absolute Gasteiger partial charge is 0.326 e. The van der Waals surface area contributed by atoms with E-state index in [1.54, 1.807) is 12.1 Å². The van der Waals surface area contributed by atoms with Gasteiger partial charge in [0, 0.05) is 28.6 Å². The van der Waals surface area contributed by atoms with E-state index >= 15 is 0 Å². The van der Waals surface area contributed by atoms with Gasteiger partial charge in [0.25, 0.3) is 5.91 Å². The number of hydrogen-bond acceptors (Lipinski definition) is 4. The van der Waals surface area contributed by atoms with Crippen LogP contribution in [0, 0.1) is 3.57 Å². The number of halogens is 1. The van der Waals surface area contributed by atoms with Crippen LogP contribution in [0.1, 0.15) is 42.5 Å². The van der Waals surface area contributed by atoms with Crippen LogP contribution in [-0.2, 0) is 9.59 Å². The molecule has 0 aromatic heterocycles. The molecule has 1 aromatic rings. The van der Waals surface area contributed by atoms with Gasteiger partial charge in [-0.3, -0.25) is 9.59 Å². The summed E-state index contributed by atoms with van der Waals surface area (Å²) in [5.74, 6) is -2.53. The van der Waals surface area contributed by atoms with Crippen molar-refractivity contribution < 1.29 is 29.4 Å². The van der Waals surface area contributed by atoms with E-state index in [4.69, 9.17) is 10.2 Å². The van der Waals surface area contributed by atoms with E-state index in [1.807, 2.05) is 12.1 Å². The van der Waals surface area contributed by atoms with E-state index in [0.29, 0.717) is 25.1 Å². The zero-order chi connectivity index (χ0) is 20.9. The van der Waals surface area contributed by atoms with Crippen LogP contribution in [0.4, 0.5) is 4.79 Å². The predicted molar refractivity (Wildman–Crippen MR) is 110 cm³/mol. The number of hydrogen-bond donors (Lipinski definition) is 5. The van der Waals surface area contributed by atoms with Crippen LogP contribution >= 0.6 is 22.6 Å². The van der Waals surface area contributed by atoms with E-state index in [0.717, 1.165) is 16.4 Å². The van der Waals surface area contributed by atoms with Crippen molar-refractivity contribution in [3.63, 3.8) is 0 Å². The van der Waals surface area contributed by atoms with Gasteiger partial charge < -0.3 is 26.2 Å². The molecule has 0 saturated heterocycles. The van der Waals surface area contributed by atoms with Gasteiger partial charge in [-0.05, 0) is 72.5 Å². The van der Waals surface area contributed by atoms with E-state index in [9.17, 15) is 19.2 Å². The Morgan fingerprint density at radius 1 is 0.929 bits per heavy atom. The zero-order valence-electron chi connectivity index (χ0n) is 15.2. The molecule has 1 unspecified atom stereocenters. The first-order chi connectivity index (χ1) is 13.3. The Morgan fingerprint density at radius 2 is 1.54 bits per heavy atom. The number of carboxylic acid groups (broad SMARTS) is 2. The van der Waals surface area contributed by atoms with Gasteiger partial charge >= 0.3 is 18.0 Å². The Labute approximate surface area is 176 Å². The number of benzene rings is 1. The third kappa shape index (κ3) is 10.1. The minimum absolute atomic E-state index is 0.130. The second-order valence-corrected chi connectivity index (χ2v) is 7.29. The lowest BCUT2D eigenvalue weighted by Gasteiger charge is -2.14. The number of nitrogens with one attached hydrogen (secondary N) is 3. The van der Waals surface area contributed by atoms with Crippen LogP contribution in [-0.4, -0.2) is 53.2 Å². The molecule has 0 fully saturated rings. The van der Waals surface area contributed by atoms with E-state index in [-0.39, 0.29) is 18.7 Å². The maximum absolute atomic E-state index is 11.9.